The standard InChI is InChI=1S/C51H89N4O15S2.C18H30O4S5.H2N.V/c1-40(41(2)56)39-72-71-36-27-48(61)54-44(42(3)57)22-18-19-28-52-49(62)38-70-35-32-67-30-20-21-43(58)37-69-34-33-68-31-29-53-46(59)26-25-45(51(65)66)55-47(60)23-16-14-12-10-8-6-4-5-7-9-11-13-15-17-24-50(63)64;1-11(14(4)19)7-24-27-10-16(15(5)20)6-17(21)12(2)8-25-26-9-13(3)18(22)23;;/h27,40,44-45H,4-26,28-39H2,1-3H3,(H,52,62)(H,53,59)(H,54,61)(H,55,60)(H,63,64)(H,65,66);11-13,16H,6-10H2,1-5H3,(H,22,23);1H2;/q-1;;-1;+2/t40-,44?,45-;11-,12-,13-,16-;;/m00../s1. The van der Waals surface area contributed by atoms with Gasteiger partial charge in [-0.3, -0.25) is 59.2 Å². The van der Waals surface area contributed by atoms with Gasteiger partial charge >= 0.3 is 30.5 Å². The zero-order valence-corrected chi connectivity index (χ0v) is 68.3. The van der Waals surface area contributed by atoms with Crippen LogP contribution in [0.1, 0.15) is 209 Å². The molecule has 8 N–H and O–H groups in total. The van der Waals surface area contributed by atoms with Crippen molar-refractivity contribution in [3.63, 3.8) is 0 Å². The molecule has 101 heavy (non-hydrogen) atoms. The molecule has 0 aromatic rings. The molecule has 0 aliphatic carbocycles. The van der Waals surface area contributed by atoms with E-state index in [-0.39, 0.29) is 209 Å². The van der Waals surface area contributed by atoms with Gasteiger partial charge in [-0.1, -0.05) is 159 Å². The number of carboxylic acids is 2. The number of amides is 4. The number of carboxylic acid groups (broad SMARTS) is 2. The van der Waals surface area contributed by atoms with Crippen molar-refractivity contribution in [3.05, 3.63) is 12.6 Å². The van der Waals surface area contributed by atoms with Gasteiger partial charge in [0.25, 0.3) is 0 Å². The average molecular weight is 1600 g/mol. The van der Waals surface area contributed by atoms with Crippen molar-refractivity contribution < 1.29 is 110 Å². The minimum absolute atomic E-state index is 0. The fraction of sp³-hybridized carbons (Fsp3) is 0.797. The number of rotatable bonds is 69. The maximum atomic E-state index is 12.4. The number of carbonyl (C=O) groups is 13. The Labute approximate surface area is 643 Å². The number of nitrogens with one attached hydrogen (secondary N) is 4. The van der Waals surface area contributed by atoms with Crippen molar-refractivity contribution in [2.45, 2.75) is 222 Å². The molecule has 0 aliphatic heterocycles. The number of hydrogen-bond donors (Lipinski definition) is 7. The Hall–Kier alpha value is -2.79. The van der Waals surface area contributed by atoms with Gasteiger partial charge in [-0.25, -0.2) is 4.79 Å². The predicted molar refractivity (Wildman–Crippen MR) is 410 cm³/mol. The third-order valence-electron chi connectivity index (χ3n) is 15.4. The summed E-state index contributed by atoms with van der Waals surface area (Å²) in [4.78, 5) is 153. The Morgan fingerprint density at radius 1 is 0.426 bits per heavy atom. The van der Waals surface area contributed by atoms with E-state index < -0.39 is 24.0 Å². The van der Waals surface area contributed by atoms with Crippen LogP contribution in [0.2, 0.25) is 0 Å². The molecule has 0 saturated heterocycles. The molecule has 1 unspecified atom stereocenters. The maximum Gasteiger partial charge on any atom is 2.00 e. The van der Waals surface area contributed by atoms with E-state index in [4.69, 9.17) is 24.1 Å². The molecule has 7 atom stereocenters. The van der Waals surface area contributed by atoms with Crippen LogP contribution < -0.4 is 21.3 Å². The summed E-state index contributed by atoms with van der Waals surface area (Å²) in [5, 5.41) is 28.8. The number of ether oxygens (including phenoxy) is 4. The van der Waals surface area contributed by atoms with Crippen LogP contribution in [0.15, 0.2) is 0 Å². The number of thiol groups is 1. The van der Waals surface area contributed by atoms with Gasteiger partial charge in [0.2, 0.25) is 17.7 Å². The van der Waals surface area contributed by atoms with Gasteiger partial charge in [-0.15, -0.1) is 29.2 Å². The van der Waals surface area contributed by atoms with Crippen molar-refractivity contribution in [1.29, 1.82) is 0 Å². The molecule has 0 saturated carbocycles. The summed E-state index contributed by atoms with van der Waals surface area (Å²) in [6, 6.07) is -1.75. The predicted octanol–water partition coefficient (Wildman–Crippen LogP) is 11.9. The first-order valence-corrected chi connectivity index (χ1v) is 42.8. The topological polar surface area (TPSA) is 381 Å². The van der Waals surface area contributed by atoms with Crippen molar-refractivity contribution in [1.82, 2.24) is 21.3 Å². The van der Waals surface area contributed by atoms with Crippen molar-refractivity contribution in [2.75, 3.05) is 100 Å². The van der Waals surface area contributed by atoms with Gasteiger partial charge < -0.3 is 61.4 Å². The number of nitrogens with two attached hydrogens (primary N) is 1. The normalized spacial score (nSPS) is 13.0. The second-order valence-electron chi connectivity index (χ2n) is 24.7. The fourth-order valence-electron chi connectivity index (χ4n) is 8.48. The summed E-state index contributed by atoms with van der Waals surface area (Å²) < 4.78 is 21.6. The second kappa shape index (κ2) is 71.5. The quantitative estimate of drug-likeness (QED) is 0.0129. The first-order chi connectivity index (χ1) is 47.2. The third-order valence-corrected chi connectivity index (χ3v) is 23.7. The molecule has 0 spiro atoms. The number of unbranched alkanes of at least 4 members (excludes halogenated alkanes) is 14. The summed E-state index contributed by atoms with van der Waals surface area (Å²) in [5.41, 5.74) is 0. The molecule has 0 aromatic heterocycles. The molecular weight excluding hydrogens is 1480 g/mol. The zero-order chi connectivity index (χ0) is 74.4. The van der Waals surface area contributed by atoms with E-state index in [9.17, 15) is 67.4 Å². The molecule has 0 heterocycles. The van der Waals surface area contributed by atoms with E-state index >= 15 is 0 Å². The third kappa shape index (κ3) is 68.8. The average Bonchev–Trinajstić information content (AvgIpc) is 0.953. The van der Waals surface area contributed by atoms with Gasteiger partial charge in [-0.05, 0) is 72.6 Å². The van der Waals surface area contributed by atoms with Crippen LogP contribution in [0.25, 0.3) is 6.15 Å². The monoisotopic (exact) mass is 1600 g/mol. The van der Waals surface area contributed by atoms with Crippen molar-refractivity contribution in [2.24, 2.45) is 29.6 Å². The summed E-state index contributed by atoms with van der Waals surface area (Å²) in [6.07, 6.45) is 19.6. The van der Waals surface area contributed by atoms with E-state index in [1.807, 2.05) is 27.7 Å². The first-order valence-electron chi connectivity index (χ1n) is 34.9. The van der Waals surface area contributed by atoms with Crippen LogP contribution >= 0.6 is 77.4 Å². The van der Waals surface area contributed by atoms with E-state index in [1.54, 1.807) is 57.0 Å². The van der Waals surface area contributed by atoms with Crippen LogP contribution in [0, 0.1) is 36.0 Å². The molecule has 0 fully saturated rings. The molecule has 4 amide bonds. The molecule has 1 radical (unpaired) electrons. The van der Waals surface area contributed by atoms with E-state index in [0.717, 1.165) is 50.7 Å². The number of Topliss-reactive ketones (excluding diaryl/α,β-unsaturated/α-hetero) is 6. The van der Waals surface area contributed by atoms with E-state index in [2.05, 4.69) is 33.9 Å². The maximum absolute atomic E-state index is 12.4. The number of aliphatic carboxylic acids is 2. The van der Waals surface area contributed by atoms with Crippen LogP contribution in [0.5, 0.6) is 0 Å². The zero-order valence-electron chi connectivity index (χ0n) is 61.2. The van der Waals surface area contributed by atoms with Crippen LogP contribution in [0.3, 0.4) is 0 Å². The van der Waals surface area contributed by atoms with Crippen molar-refractivity contribution in [3.8, 4) is 0 Å². The first kappa shape index (κ1) is 105. The molecule has 32 heteroatoms. The molecule has 0 aromatic carbocycles. The van der Waals surface area contributed by atoms with Gasteiger partial charge in [0.05, 0.1) is 45.0 Å². The fourth-order valence-corrected chi connectivity index (χ4v) is 16.5. The minimum Gasteiger partial charge on any atom is -0.693 e. The van der Waals surface area contributed by atoms with Crippen molar-refractivity contribution >= 4 is 153 Å². The Balaban J connectivity index is -0.00000136. The molecule has 24 nitrogen and oxygen atoms in total. The summed E-state index contributed by atoms with van der Waals surface area (Å²) in [6.45, 7) is 15.4. The van der Waals surface area contributed by atoms with Crippen LogP contribution in [0.4, 0.5) is 0 Å². The van der Waals surface area contributed by atoms with E-state index in [1.165, 1.54) is 80.4 Å². The molecule has 0 aliphatic rings. The molecule has 0 bridgehead atoms. The second-order valence-corrected chi connectivity index (χ2v) is 32.8. The largest absolute Gasteiger partial charge is 2.00 e. The number of carbonyl (C=O) groups excluding carboxylic acids is 11. The van der Waals surface area contributed by atoms with Crippen LogP contribution in [-0.2, 0) is 99.8 Å². The summed E-state index contributed by atoms with van der Waals surface area (Å²) >= 11 is 3.81. The minimum atomic E-state index is -1.19. The molecule has 583 valence electrons. The Morgan fingerprint density at radius 2 is 0.901 bits per heavy atom. The van der Waals surface area contributed by atoms with Crippen LogP contribution in [-0.4, -0.2) is 198 Å². The Bertz CT molecular complexity index is 2330. The SMILES string of the molecule is CC(=O)C(CCCCNC(=O)COCCOCCCC(=O)COCCOCCNC(=O)CC[C@H](NC(=O)CCCCCCCCCCCCCCCCC(=O)O)C(=O)O)NC(=O)[CH-]CSSC[C@H](C)C(C)=O.CC(=O)[C@H](CSSC[C@H](C)C(C)=O)CC(=O)[C@@H](C)CSSC[C@H](C)C(=O)S.[NH2-].[V+2]. The Morgan fingerprint density at radius 3 is 1.42 bits per heavy atom. The van der Waals surface area contributed by atoms with Gasteiger partial charge in [0.15, 0.2) is 16.7 Å². The summed E-state index contributed by atoms with van der Waals surface area (Å²) in [5.74, 6) is 0.279. The molecular formula is C69H121N5O19S7V. The van der Waals surface area contributed by atoms with Gasteiger partial charge in [0.1, 0.15) is 42.4 Å². The Kier molecular flexibility index (Phi) is 74.0. The summed E-state index contributed by atoms with van der Waals surface area (Å²) in [7, 11) is 9.31. The van der Waals surface area contributed by atoms with Gasteiger partial charge in [0, 0.05) is 110 Å². The van der Waals surface area contributed by atoms with Gasteiger partial charge in [-0.2, -0.15) is 0 Å². The van der Waals surface area contributed by atoms with E-state index in [0.29, 0.717) is 74.0 Å². The number of ketones is 6. The number of hydrogen-bond acceptors (Lipinski definition) is 23. The smallest absolute Gasteiger partial charge is 0.693 e. The molecule has 0 rings (SSSR count).